The molecule has 0 aromatic carbocycles. The minimum atomic E-state index is -2.68. The minimum absolute atomic E-state index is 0.0930. The topological polar surface area (TPSA) is 86.0 Å². The maximum absolute atomic E-state index is 14.1. The number of carbonyl (C=O) groups excluding carboxylic acids is 1. The molecule has 0 spiro atoms. The number of hydrogen-bond acceptors (Lipinski definition) is 5. The Morgan fingerprint density at radius 1 is 0.972 bits per heavy atom. The van der Waals surface area contributed by atoms with Gasteiger partial charge in [-0.05, 0) is 68.9 Å². The summed E-state index contributed by atoms with van der Waals surface area (Å²) in [6.07, 6.45) is 4.63. The maximum atomic E-state index is 14.1. The Morgan fingerprint density at radius 2 is 1.61 bits per heavy atom. The highest BCUT2D eigenvalue weighted by atomic mass is 32.2. The van der Waals surface area contributed by atoms with Crippen molar-refractivity contribution in [2.24, 2.45) is 5.92 Å². The van der Waals surface area contributed by atoms with Crippen molar-refractivity contribution in [2.75, 3.05) is 11.5 Å². The van der Waals surface area contributed by atoms with E-state index in [4.69, 9.17) is 0 Å². The van der Waals surface area contributed by atoms with Gasteiger partial charge >= 0.3 is 5.69 Å². The molecular formula is C25H31F3N4O3S. The van der Waals surface area contributed by atoms with E-state index in [-0.39, 0.29) is 60.7 Å². The van der Waals surface area contributed by atoms with Gasteiger partial charge in [-0.15, -0.1) is 0 Å². The first-order chi connectivity index (χ1) is 17.2. The number of amides is 1. The van der Waals surface area contributed by atoms with E-state index in [9.17, 15) is 27.6 Å². The normalized spacial score (nSPS) is 25.6. The number of nitrogens with one attached hydrogen (secondary N) is 1. The number of carbonyl (C=O) groups is 1. The molecule has 1 N–H and O–H groups in total. The highest BCUT2D eigenvalue weighted by Crippen LogP contribution is 2.36. The van der Waals surface area contributed by atoms with Gasteiger partial charge < -0.3 is 5.32 Å². The van der Waals surface area contributed by atoms with Crippen LogP contribution in [0.2, 0.25) is 0 Å². The number of pyridine rings is 1. The standard InChI is InChI=1S/C25H31F3N4O3S/c26-16-13-20-21(29-14-16)31(19-7-11-36-12-8-19)24(35)32(23(20)34)18-3-1-17(2-4-18)30-22(33)15-5-9-25(27,28)10-6-15/h13-15,17-19H,1-12H2,(H,30,33)/t17-,18+. The van der Waals surface area contributed by atoms with E-state index in [1.807, 2.05) is 11.8 Å². The second-order valence-electron chi connectivity index (χ2n) is 10.3. The van der Waals surface area contributed by atoms with Crippen molar-refractivity contribution >= 4 is 28.7 Å². The van der Waals surface area contributed by atoms with Crippen LogP contribution in [0.4, 0.5) is 13.2 Å². The van der Waals surface area contributed by atoms with Crippen LogP contribution < -0.4 is 16.6 Å². The van der Waals surface area contributed by atoms with Crippen molar-refractivity contribution in [3.8, 4) is 0 Å². The lowest BCUT2D eigenvalue weighted by Gasteiger charge is -2.33. The number of aromatic nitrogens is 3. The summed E-state index contributed by atoms with van der Waals surface area (Å²) in [5.41, 5.74) is -0.697. The van der Waals surface area contributed by atoms with E-state index in [0.29, 0.717) is 25.7 Å². The fourth-order valence-corrected chi connectivity index (χ4v) is 6.98. The van der Waals surface area contributed by atoms with E-state index in [1.54, 1.807) is 4.57 Å². The fraction of sp³-hybridized carbons (Fsp3) is 0.680. The van der Waals surface area contributed by atoms with Crippen LogP contribution in [0.1, 0.15) is 76.3 Å². The first-order valence-corrected chi connectivity index (χ1v) is 14.0. The average molecular weight is 525 g/mol. The van der Waals surface area contributed by atoms with Gasteiger partial charge in [0, 0.05) is 36.9 Å². The van der Waals surface area contributed by atoms with Gasteiger partial charge in [0.2, 0.25) is 11.8 Å². The summed E-state index contributed by atoms with van der Waals surface area (Å²) in [5, 5.41) is 3.11. The molecule has 2 aliphatic carbocycles. The van der Waals surface area contributed by atoms with E-state index >= 15 is 0 Å². The summed E-state index contributed by atoms with van der Waals surface area (Å²) in [5.74, 6) is -2.07. The van der Waals surface area contributed by atoms with Crippen molar-refractivity contribution in [3.63, 3.8) is 0 Å². The van der Waals surface area contributed by atoms with Crippen LogP contribution in [0, 0.1) is 11.7 Å². The fourth-order valence-electron chi connectivity index (χ4n) is 5.90. The van der Waals surface area contributed by atoms with Gasteiger partial charge in [-0.25, -0.2) is 22.9 Å². The Bertz CT molecular complexity index is 1240. The predicted molar refractivity (Wildman–Crippen MR) is 132 cm³/mol. The molecule has 0 bridgehead atoms. The number of alkyl halides is 2. The van der Waals surface area contributed by atoms with E-state index < -0.39 is 28.9 Å². The molecule has 11 heteroatoms. The lowest BCUT2D eigenvalue weighted by molar-refractivity contribution is -0.130. The van der Waals surface area contributed by atoms with E-state index in [2.05, 4.69) is 10.3 Å². The van der Waals surface area contributed by atoms with Gasteiger partial charge in [-0.1, -0.05) is 0 Å². The maximum Gasteiger partial charge on any atom is 0.333 e. The number of halogens is 3. The van der Waals surface area contributed by atoms with Crippen molar-refractivity contribution in [2.45, 2.75) is 88.3 Å². The zero-order valence-electron chi connectivity index (χ0n) is 20.1. The monoisotopic (exact) mass is 524 g/mol. The van der Waals surface area contributed by atoms with Crippen molar-refractivity contribution in [1.29, 1.82) is 0 Å². The Balaban J connectivity index is 1.35. The van der Waals surface area contributed by atoms with Crippen molar-refractivity contribution in [1.82, 2.24) is 19.4 Å². The first-order valence-electron chi connectivity index (χ1n) is 12.8. The van der Waals surface area contributed by atoms with Crippen LogP contribution in [0.3, 0.4) is 0 Å². The molecule has 0 unspecified atom stereocenters. The van der Waals surface area contributed by atoms with Crippen LogP contribution in [0.15, 0.2) is 21.9 Å². The minimum Gasteiger partial charge on any atom is -0.353 e. The van der Waals surface area contributed by atoms with Gasteiger partial charge in [-0.3, -0.25) is 18.7 Å². The second kappa shape index (κ2) is 10.2. The molecule has 5 rings (SSSR count). The molecule has 3 heterocycles. The molecule has 196 valence electrons. The number of thioether (sulfide) groups is 1. The highest BCUT2D eigenvalue weighted by molar-refractivity contribution is 7.99. The zero-order valence-corrected chi connectivity index (χ0v) is 20.9. The number of hydrogen-bond donors (Lipinski definition) is 1. The Kier molecular flexibility index (Phi) is 7.20. The Morgan fingerprint density at radius 3 is 2.28 bits per heavy atom. The van der Waals surface area contributed by atoms with Crippen LogP contribution in [0.5, 0.6) is 0 Å². The van der Waals surface area contributed by atoms with Gasteiger partial charge in [0.1, 0.15) is 11.5 Å². The number of rotatable bonds is 4. The summed E-state index contributed by atoms with van der Waals surface area (Å²) in [6, 6.07) is 0.589. The molecular weight excluding hydrogens is 493 g/mol. The summed E-state index contributed by atoms with van der Waals surface area (Å²) in [7, 11) is 0. The molecule has 36 heavy (non-hydrogen) atoms. The first kappa shape index (κ1) is 25.4. The lowest BCUT2D eigenvalue weighted by atomic mass is 9.85. The molecule has 1 aliphatic heterocycles. The smallest absolute Gasteiger partial charge is 0.333 e. The van der Waals surface area contributed by atoms with Crippen LogP contribution in [-0.4, -0.2) is 43.5 Å². The van der Waals surface area contributed by atoms with Gasteiger partial charge in [-0.2, -0.15) is 11.8 Å². The molecule has 3 aliphatic rings. The van der Waals surface area contributed by atoms with Crippen LogP contribution in [-0.2, 0) is 4.79 Å². The molecule has 0 atom stereocenters. The number of fused-ring (bicyclic) bond motifs is 1. The molecule has 2 saturated carbocycles. The summed E-state index contributed by atoms with van der Waals surface area (Å²) in [6.45, 7) is 0. The van der Waals surface area contributed by atoms with Gasteiger partial charge in [0.15, 0.2) is 0 Å². The molecule has 1 saturated heterocycles. The van der Waals surface area contributed by atoms with Crippen LogP contribution >= 0.6 is 11.8 Å². The third-order valence-electron chi connectivity index (χ3n) is 7.97. The van der Waals surface area contributed by atoms with Crippen molar-refractivity contribution < 1.29 is 18.0 Å². The largest absolute Gasteiger partial charge is 0.353 e. The lowest BCUT2D eigenvalue weighted by Crippen LogP contribution is -2.47. The third kappa shape index (κ3) is 5.08. The summed E-state index contributed by atoms with van der Waals surface area (Å²) in [4.78, 5) is 43.8. The third-order valence-corrected chi connectivity index (χ3v) is 9.02. The summed E-state index contributed by atoms with van der Waals surface area (Å²) >= 11 is 1.82. The van der Waals surface area contributed by atoms with Crippen LogP contribution in [0.25, 0.3) is 11.0 Å². The number of nitrogens with zero attached hydrogens (tertiary/aromatic N) is 3. The Hall–Kier alpha value is -2.30. The SMILES string of the molecule is O=C(N[C@H]1CC[C@@H](n2c(=O)c3cc(F)cnc3n(C3CCSCC3)c2=O)CC1)C1CCC(F)(F)CC1. The van der Waals surface area contributed by atoms with E-state index in [1.165, 1.54) is 4.57 Å². The Labute approximate surface area is 210 Å². The van der Waals surface area contributed by atoms with E-state index in [0.717, 1.165) is 36.6 Å². The predicted octanol–water partition coefficient (Wildman–Crippen LogP) is 4.19. The molecule has 2 aromatic heterocycles. The van der Waals surface area contributed by atoms with Gasteiger partial charge in [0.05, 0.1) is 11.6 Å². The van der Waals surface area contributed by atoms with Crippen molar-refractivity contribution in [3.05, 3.63) is 38.9 Å². The quantitative estimate of drug-likeness (QED) is 0.648. The molecule has 0 radical (unpaired) electrons. The highest BCUT2D eigenvalue weighted by Gasteiger charge is 2.38. The average Bonchev–Trinajstić information content (AvgIpc) is 2.86. The molecule has 7 nitrogen and oxygen atoms in total. The second-order valence-corrected chi connectivity index (χ2v) is 11.6. The summed E-state index contributed by atoms with van der Waals surface area (Å²) < 4.78 is 43.8. The molecule has 1 amide bonds. The van der Waals surface area contributed by atoms with Gasteiger partial charge in [0.25, 0.3) is 5.56 Å². The zero-order chi connectivity index (χ0) is 25.4. The molecule has 2 aromatic rings. The molecule has 3 fully saturated rings.